The van der Waals surface area contributed by atoms with Gasteiger partial charge in [0.05, 0.1) is 13.2 Å². The fourth-order valence-corrected chi connectivity index (χ4v) is 4.55. The minimum absolute atomic E-state index is 0. The lowest BCUT2D eigenvalue weighted by atomic mass is 9.95. The largest absolute Gasteiger partial charge is 0.379 e. The van der Waals surface area contributed by atoms with Crippen molar-refractivity contribution in [2.24, 2.45) is 5.92 Å². The van der Waals surface area contributed by atoms with Gasteiger partial charge < -0.3 is 15.0 Å². The first-order valence-corrected chi connectivity index (χ1v) is 9.86. The summed E-state index contributed by atoms with van der Waals surface area (Å²) in [7, 11) is 0. The molecule has 3 aliphatic heterocycles. The maximum Gasteiger partial charge on any atom is 0.224 e. The average Bonchev–Trinajstić information content (AvgIpc) is 2.57. The third-order valence-electron chi connectivity index (χ3n) is 5.01. The summed E-state index contributed by atoms with van der Waals surface area (Å²) in [6, 6.07) is 0.386. The first-order chi connectivity index (χ1) is 10.8. The number of morpholine rings is 1. The molecule has 3 saturated heterocycles. The molecule has 0 aliphatic carbocycles. The number of piperidine rings is 1. The third kappa shape index (κ3) is 6.89. The Morgan fingerprint density at radius 1 is 1.12 bits per heavy atom. The summed E-state index contributed by atoms with van der Waals surface area (Å²) in [6.07, 6.45) is 3.01. The number of hydrogen-bond donors (Lipinski definition) is 1. The van der Waals surface area contributed by atoms with Gasteiger partial charge in [0.1, 0.15) is 0 Å². The van der Waals surface area contributed by atoms with Crippen LogP contribution in [0.3, 0.4) is 0 Å². The molecule has 0 aromatic rings. The maximum atomic E-state index is 12.4. The van der Waals surface area contributed by atoms with E-state index in [0.29, 0.717) is 18.4 Å². The van der Waals surface area contributed by atoms with Crippen molar-refractivity contribution in [3.05, 3.63) is 0 Å². The third-order valence-corrected chi connectivity index (χ3v) is 6.14. The van der Waals surface area contributed by atoms with Crippen molar-refractivity contribution in [2.45, 2.75) is 25.3 Å². The Kier molecular flexibility index (Phi) is 11.0. The van der Waals surface area contributed by atoms with Gasteiger partial charge in [-0.3, -0.25) is 9.69 Å². The van der Waals surface area contributed by atoms with Gasteiger partial charge in [0, 0.05) is 63.2 Å². The van der Waals surface area contributed by atoms with E-state index >= 15 is 0 Å². The van der Waals surface area contributed by atoms with Crippen LogP contribution in [0.2, 0.25) is 0 Å². The summed E-state index contributed by atoms with van der Waals surface area (Å²) in [5.41, 5.74) is 0. The molecule has 0 aromatic heterocycles. The summed E-state index contributed by atoms with van der Waals surface area (Å²) < 4.78 is 5.41. The summed E-state index contributed by atoms with van der Waals surface area (Å²) >= 11 is 1.96. The zero-order chi connectivity index (χ0) is 15.2. The van der Waals surface area contributed by atoms with E-state index in [1.165, 1.54) is 12.3 Å². The molecule has 1 amide bonds. The molecule has 3 heterocycles. The van der Waals surface area contributed by atoms with Gasteiger partial charge in [-0.15, -0.1) is 24.8 Å². The Balaban J connectivity index is 0.00000144. The highest BCUT2D eigenvalue weighted by Gasteiger charge is 2.26. The fraction of sp³-hybridized carbons (Fsp3) is 0.938. The summed E-state index contributed by atoms with van der Waals surface area (Å²) in [5.74, 6) is 3.37. The number of nitrogens with one attached hydrogen (secondary N) is 1. The normalized spacial score (nSPS) is 26.3. The molecule has 0 radical (unpaired) electrons. The Morgan fingerprint density at radius 3 is 2.46 bits per heavy atom. The van der Waals surface area contributed by atoms with Crippen LogP contribution < -0.4 is 5.32 Å². The molecule has 0 aromatic carbocycles. The molecule has 0 saturated carbocycles. The number of thioether (sulfide) groups is 1. The molecule has 3 rings (SSSR count). The van der Waals surface area contributed by atoms with Gasteiger partial charge >= 0.3 is 0 Å². The van der Waals surface area contributed by atoms with Gasteiger partial charge in [-0.05, 0) is 18.8 Å². The van der Waals surface area contributed by atoms with Gasteiger partial charge in [0.2, 0.25) is 5.91 Å². The molecule has 1 N–H and O–H groups in total. The van der Waals surface area contributed by atoms with Crippen LogP contribution in [0.25, 0.3) is 0 Å². The maximum absolute atomic E-state index is 12.4. The van der Waals surface area contributed by atoms with E-state index < -0.39 is 0 Å². The molecule has 1 atom stereocenters. The van der Waals surface area contributed by atoms with Gasteiger partial charge in [-0.1, -0.05) is 0 Å². The Bertz CT molecular complexity index is 359. The lowest BCUT2D eigenvalue weighted by Gasteiger charge is -2.36. The van der Waals surface area contributed by atoms with Crippen LogP contribution in [0.4, 0.5) is 0 Å². The highest BCUT2D eigenvalue weighted by molar-refractivity contribution is 7.99. The zero-order valence-corrected chi connectivity index (χ0v) is 16.7. The van der Waals surface area contributed by atoms with E-state index in [1.54, 1.807) is 0 Å². The molecule has 0 bridgehead atoms. The number of halogens is 2. The summed E-state index contributed by atoms with van der Waals surface area (Å²) in [5, 5.41) is 3.47. The lowest BCUT2D eigenvalue weighted by molar-refractivity contribution is -0.133. The molecular formula is C16H31Cl2N3O2S. The van der Waals surface area contributed by atoms with E-state index in [1.807, 2.05) is 11.8 Å². The van der Waals surface area contributed by atoms with E-state index in [0.717, 1.165) is 70.4 Å². The molecule has 3 aliphatic rings. The zero-order valence-electron chi connectivity index (χ0n) is 14.3. The van der Waals surface area contributed by atoms with Gasteiger partial charge in [-0.2, -0.15) is 11.8 Å². The highest BCUT2D eigenvalue weighted by Crippen LogP contribution is 2.20. The van der Waals surface area contributed by atoms with Crippen molar-refractivity contribution < 1.29 is 9.53 Å². The Morgan fingerprint density at radius 2 is 1.83 bits per heavy atom. The van der Waals surface area contributed by atoms with Crippen LogP contribution in [0, 0.1) is 5.92 Å². The average molecular weight is 400 g/mol. The Labute approximate surface area is 162 Å². The number of rotatable bonds is 4. The number of likely N-dealkylation sites (tertiary alicyclic amines) is 1. The second-order valence-electron chi connectivity index (χ2n) is 6.67. The van der Waals surface area contributed by atoms with E-state index in [2.05, 4.69) is 15.1 Å². The Hall–Kier alpha value is 0.280. The van der Waals surface area contributed by atoms with Crippen molar-refractivity contribution in [3.8, 4) is 0 Å². The summed E-state index contributed by atoms with van der Waals surface area (Å²) in [6.45, 7) is 8.04. The van der Waals surface area contributed by atoms with Crippen molar-refractivity contribution in [1.82, 2.24) is 15.1 Å². The fourth-order valence-electron chi connectivity index (χ4n) is 3.60. The highest BCUT2D eigenvalue weighted by atomic mass is 35.5. The molecule has 8 heteroatoms. The standard InChI is InChI=1S/C16H29N3O2S.2ClH/c20-16(11-15-13-22-10-3-17-15)19-4-1-14(2-5-19)12-18-6-8-21-9-7-18;;/h14-15,17H,1-13H2;2*1H. The van der Waals surface area contributed by atoms with E-state index in [-0.39, 0.29) is 24.8 Å². The predicted molar refractivity (Wildman–Crippen MR) is 105 cm³/mol. The number of nitrogens with zero attached hydrogens (tertiary/aromatic N) is 2. The summed E-state index contributed by atoms with van der Waals surface area (Å²) in [4.78, 5) is 17.0. The molecule has 142 valence electrons. The SMILES string of the molecule is Cl.Cl.O=C(CC1CSCCN1)N1CCC(CN2CCOCC2)CC1. The van der Waals surface area contributed by atoms with E-state index in [4.69, 9.17) is 4.74 Å². The number of amides is 1. The second kappa shape index (κ2) is 11.8. The lowest BCUT2D eigenvalue weighted by Crippen LogP contribution is -2.46. The number of hydrogen-bond acceptors (Lipinski definition) is 5. The molecule has 0 spiro atoms. The van der Waals surface area contributed by atoms with Gasteiger partial charge in [0.15, 0.2) is 0 Å². The minimum atomic E-state index is 0. The van der Waals surface area contributed by atoms with Gasteiger partial charge in [0.25, 0.3) is 0 Å². The molecule has 5 nitrogen and oxygen atoms in total. The molecule has 24 heavy (non-hydrogen) atoms. The first-order valence-electron chi connectivity index (χ1n) is 8.70. The van der Waals surface area contributed by atoms with Gasteiger partial charge in [-0.25, -0.2) is 0 Å². The van der Waals surface area contributed by atoms with Crippen molar-refractivity contribution in [2.75, 3.05) is 64.0 Å². The topological polar surface area (TPSA) is 44.8 Å². The molecule has 1 unspecified atom stereocenters. The number of ether oxygens (including phenoxy) is 1. The second-order valence-corrected chi connectivity index (χ2v) is 7.82. The number of carbonyl (C=O) groups is 1. The monoisotopic (exact) mass is 399 g/mol. The molecule has 3 fully saturated rings. The van der Waals surface area contributed by atoms with Crippen LogP contribution >= 0.6 is 36.6 Å². The quantitative estimate of drug-likeness (QED) is 0.775. The van der Waals surface area contributed by atoms with Crippen molar-refractivity contribution in [1.29, 1.82) is 0 Å². The predicted octanol–water partition coefficient (Wildman–Crippen LogP) is 1.50. The van der Waals surface area contributed by atoms with Crippen LogP contribution in [0.15, 0.2) is 0 Å². The van der Waals surface area contributed by atoms with Crippen molar-refractivity contribution in [3.63, 3.8) is 0 Å². The first kappa shape index (κ1) is 22.3. The van der Waals surface area contributed by atoms with E-state index in [9.17, 15) is 4.79 Å². The van der Waals surface area contributed by atoms with Crippen LogP contribution in [-0.4, -0.2) is 85.7 Å². The smallest absolute Gasteiger partial charge is 0.224 e. The van der Waals surface area contributed by atoms with Crippen LogP contribution in [-0.2, 0) is 9.53 Å². The van der Waals surface area contributed by atoms with Crippen LogP contribution in [0.5, 0.6) is 0 Å². The van der Waals surface area contributed by atoms with Crippen molar-refractivity contribution >= 4 is 42.5 Å². The van der Waals surface area contributed by atoms with Crippen LogP contribution in [0.1, 0.15) is 19.3 Å². The number of carbonyl (C=O) groups excluding carboxylic acids is 1. The minimum Gasteiger partial charge on any atom is -0.379 e. The molecular weight excluding hydrogens is 369 g/mol.